The molecule has 1 aromatic carbocycles. The molecule has 0 spiro atoms. The van der Waals surface area contributed by atoms with Crippen molar-refractivity contribution < 1.29 is 24.0 Å². The third-order valence-electron chi connectivity index (χ3n) is 3.85. The van der Waals surface area contributed by atoms with Crippen LogP contribution in [0.15, 0.2) is 30.3 Å². The smallest absolute Gasteiger partial charge is 0.243 e. The van der Waals surface area contributed by atoms with E-state index in [-0.39, 0.29) is 44.3 Å². The number of benzene rings is 1. The predicted octanol–water partition coefficient (Wildman–Crippen LogP) is -1.78. The largest absolute Gasteiger partial charge is 0.358 e. The van der Waals surface area contributed by atoms with Gasteiger partial charge in [0.25, 0.3) is 0 Å². The van der Waals surface area contributed by atoms with E-state index in [2.05, 4.69) is 26.6 Å². The lowest BCUT2D eigenvalue weighted by molar-refractivity contribution is -0.131. The monoisotopic (exact) mass is 405 g/mol. The minimum absolute atomic E-state index is 0.215. The van der Waals surface area contributed by atoms with E-state index >= 15 is 0 Å². The molecule has 158 valence electrons. The quantitative estimate of drug-likeness (QED) is 0.295. The van der Waals surface area contributed by atoms with Gasteiger partial charge in [-0.15, -0.1) is 0 Å². The fourth-order valence-corrected chi connectivity index (χ4v) is 2.23. The fraction of sp³-hybridized carbons (Fsp3) is 0.421. The van der Waals surface area contributed by atoms with Gasteiger partial charge in [0.2, 0.25) is 29.5 Å². The van der Waals surface area contributed by atoms with Crippen molar-refractivity contribution in [3.05, 3.63) is 35.9 Å². The van der Waals surface area contributed by atoms with Crippen molar-refractivity contribution in [3.8, 4) is 0 Å². The van der Waals surface area contributed by atoms with Gasteiger partial charge in [0.05, 0.1) is 19.6 Å². The second-order valence-electron chi connectivity index (χ2n) is 6.11. The zero-order valence-electron chi connectivity index (χ0n) is 16.5. The Kier molecular flexibility index (Phi) is 10.5. The first-order valence-electron chi connectivity index (χ1n) is 9.20. The van der Waals surface area contributed by atoms with E-state index in [4.69, 9.17) is 0 Å². The van der Waals surface area contributed by atoms with Gasteiger partial charge in [0, 0.05) is 19.9 Å². The van der Waals surface area contributed by atoms with Crippen molar-refractivity contribution in [1.29, 1.82) is 0 Å². The highest BCUT2D eigenvalue weighted by atomic mass is 16.2. The molecule has 0 aliphatic heterocycles. The molecule has 1 aromatic rings. The van der Waals surface area contributed by atoms with Crippen LogP contribution in [0.1, 0.15) is 18.9 Å². The van der Waals surface area contributed by atoms with Gasteiger partial charge in [-0.1, -0.05) is 37.3 Å². The molecule has 0 aromatic heterocycles. The second-order valence-corrected chi connectivity index (χ2v) is 6.11. The Hall–Kier alpha value is -3.43. The van der Waals surface area contributed by atoms with Crippen molar-refractivity contribution in [3.63, 3.8) is 0 Å². The lowest BCUT2D eigenvalue weighted by Gasteiger charge is -2.19. The molecule has 10 heteroatoms. The van der Waals surface area contributed by atoms with Crippen LogP contribution in [-0.4, -0.2) is 62.3 Å². The number of carbonyl (C=O) groups excluding carboxylic acids is 5. The second kappa shape index (κ2) is 12.9. The molecule has 5 amide bonds. The number of hydrogen-bond donors (Lipinski definition) is 5. The van der Waals surface area contributed by atoms with Crippen molar-refractivity contribution in [1.82, 2.24) is 26.6 Å². The Balaban J connectivity index is 2.61. The standard InChI is InChI=1S/C19H27N5O5/c1-3-15(25)21-11-17(27)22-12-18(28)24-14(9-13-7-5-4-6-8-13)19(29)23-10-16(26)20-2/h4-8,14H,3,9-12H2,1-2H3,(H,20,26)(H,21,25)(H,22,27)(H,23,29)(H,24,28)/t14-/m0/s1. The van der Waals surface area contributed by atoms with Gasteiger partial charge < -0.3 is 26.6 Å². The summed E-state index contributed by atoms with van der Waals surface area (Å²) in [5.41, 5.74) is 0.819. The molecule has 10 nitrogen and oxygen atoms in total. The Labute approximate surface area is 169 Å². The molecule has 0 heterocycles. The molecule has 5 N–H and O–H groups in total. The van der Waals surface area contributed by atoms with Crippen molar-refractivity contribution in [2.45, 2.75) is 25.8 Å². The summed E-state index contributed by atoms with van der Waals surface area (Å²) in [6, 6.07) is 8.14. The Morgan fingerprint density at radius 1 is 0.793 bits per heavy atom. The predicted molar refractivity (Wildman–Crippen MR) is 105 cm³/mol. The number of nitrogens with one attached hydrogen (secondary N) is 5. The summed E-state index contributed by atoms with van der Waals surface area (Å²) >= 11 is 0. The van der Waals surface area contributed by atoms with Crippen molar-refractivity contribution in [2.24, 2.45) is 0 Å². The number of hydrogen-bond acceptors (Lipinski definition) is 5. The van der Waals surface area contributed by atoms with E-state index in [9.17, 15) is 24.0 Å². The maximum Gasteiger partial charge on any atom is 0.243 e. The summed E-state index contributed by atoms with van der Waals surface area (Å²) in [6.07, 6.45) is 0.465. The average Bonchev–Trinajstić information content (AvgIpc) is 2.74. The molecular weight excluding hydrogens is 378 g/mol. The van der Waals surface area contributed by atoms with Crippen LogP contribution in [0.4, 0.5) is 0 Å². The summed E-state index contributed by atoms with van der Waals surface area (Å²) < 4.78 is 0. The molecule has 0 radical (unpaired) electrons. The molecule has 0 bridgehead atoms. The first-order valence-corrected chi connectivity index (χ1v) is 9.20. The summed E-state index contributed by atoms with van der Waals surface area (Å²) in [4.78, 5) is 58.7. The number of carbonyl (C=O) groups is 5. The topological polar surface area (TPSA) is 146 Å². The molecule has 0 aliphatic carbocycles. The first kappa shape index (κ1) is 23.6. The molecule has 1 atom stereocenters. The van der Waals surface area contributed by atoms with E-state index in [0.29, 0.717) is 0 Å². The van der Waals surface area contributed by atoms with Gasteiger partial charge in [-0.3, -0.25) is 24.0 Å². The molecule has 1 rings (SSSR count). The van der Waals surface area contributed by atoms with E-state index in [1.54, 1.807) is 6.92 Å². The Morgan fingerprint density at radius 3 is 2.00 bits per heavy atom. The van der Waals surface area contributed by atoms with E-state index in [0.717, 1.165) is 5.56 Å². The van der Waals surface area contributed by atoms with E-state index in [1.807, 2.05) is 30.3 Å². The van der Waals surface area contributed by atoms with Gasteiger partial charge in [-0.2, -0.15) is 0 Å². The van der Waals surface area contributed by atoms with Crippen molar-refractivity contribution >= 4 is 29.5 Å². The van der Waals surface area contributed by atoms with E-state index < -0.39 is 23.8 Å². The highest BCUT2D eigenvalue weighted by Crippen LogP contribution is 2.03. The normalized spacial score (nSPS) is 11.0. The van der Waals surface area contributed by atoms with Crippen LogP contribution in [-0.2, 0) is 30.4 Å². The maximum atomic E-state index is 12.4. The van der Waals surface area contributed by atoms with Gasteiger partial charge in [-0.05, 0) is 5.56 Å². The minimum atomic E-state index is -0.925. The van der Waals surface area contributed by atoms with E-state index in [1.165, 1.54) is 7.05 Å². The first-order chi connectivity index (χ1) is 13.8. The molecule has 0 fully saturated rings. The van der Waals surface area contributed by atoms with Crippen LogP contribution < -0.4 is 26.6 Å². The zero-order chi connectivity index (χ0) is 21.6. The summed E-state index contributed by atoms with van der Waals surface area (Å²) in [7, 11) is 1.45. The lowest BCUT2D eigenvalue weighted by Crippen LogP contribution is -2.52. The molecular formula is C19H27N5O5. The Morgan fingerprint density at radius 2 is 1.38 bits per heavy atom. The summed E-state index contributed by atoms with van der Waals surface area (Å²) in [5, 5.41) is 12.2. The molecule has 0 saturated heterocycles. The number of likely N-dealkylation sites (N-methyl/N-ethyl adjacent to an activating group) is 1. The minimum Gasteiger partial charge on any atom is -0.358 e. The maximum absolute atomic E-state index is 12.4. The van der Waals surface area contributed by atoms with Crippen LogP contribution >= 0.6 is 0 Å². The third kappa shape index (κ3) is 9.89. The SMILES string of the molecule is CCC(=O)NCC(=O)NCC(=O)N[C@@H](Cc1ccccc1)C(=O)NCC(=O)NC. The summed E-state index contributed by atoms with van der Waals surface area (Å²) in [6.45, 7) is 0.849. The molecule has 0 unspecified atom stereocenters. The highest BCUT2D eigenvalue weighted by molar-refractivity contribution is 5.92. The van der Waals surface area contributed by atoms with Crippen LogP contribution in [0.3, 0.4) is 0 Å². The van der Waals surface area contributed by atoms with Crippen molar-refractivity contribution in [2.75, 3.05) is 26.7 Å². The van der Waals surface area contributed by atoms with Gasteiger partial charge in [-0.25, -0.2) is 0 Å². The van der Waals surface area contributed by atoms with Crippen LogP contribution in [0.5, 0.6) is 0 Å². The average molecular weight is 405 g/mol. The lowest BCUT2D eigenvalue weighted by atomic mass is 10.1. The highest BCUT2D eigenvalue weighted by Gasteiger charge is 2.22. The molecule has 0 saturated carbocycles. The fourth-order valence-electron chi connectivity index (χ4n) is 2.23. The van der Waals surface area contributed by atoms with Crippen LogP contribution in [0.2, 0.25) is 0 Å². The molecule has 0 aliphatic rings. The molecule has 29 heavy (non-hydrogen) atoms. The zero-order valence-corrected chi connectivity index (χ0v) is 16.5. The Bertz CT molecular complexity index is 723. The van der Waals surface area contributed by atoms with Gasteiger partial charge in [0.1, 0.15) is 6.04 Å². The summed E-state index contributed by atoms with van der Waals surface area (Å²) in [5.74, 6) is -2.26. The van der Waals surface area contributed by atoms with Crippen LogP contribution in [0, 0.1) is 0 Å². The van der Waals surface area contributed by atoms with Gasteiger partial charge >= 0.3 is 0 Å². The van der Waals surface area contributed by atoms with Gasteiger partial charge in [0.15, 0.2) is 0 Å². The number of rotatable bonds is 11. The van der Waals surface area contributed by atoms with Crippen LogP contribution in [0.25, 0.3) is 0 Å². The number of amides is 5. The third-order valence-corrected chi connectivity index (χ3v) is 3.85.